The lowest BCUT2D eigenvalue weighted by Crippen LogP contribution is -2.35. The Morgan fingerprint density at radius 3 is 2.28 bits per heavy atom. The van der Waals surface area contributed by atoms with Crippen LogP contribution >= 0.6 is 0 Å². The third-order valence-electron chi connectivity index (χ3n) is 2.24. The molecule has 0 unspecified atom stereocenters. The number of nitro benzene ring substituents is 2. The third-order valence-corrected chi connectivity index (χ3v) is 2.24. The van der Waals surface area contributed by atoms with E-state index in [1.54, 1.807) is 0 Å². The van der Waals surface area contributed by atoms with Gasteiger partial charge in [-0.05, 0) is 0 Å². The van der Waals surface area contributed by atoms with Crippen LogP contribution < -0.4 is 10.6 Å². The lowest BCUT2D eigenvalue weighted by Gasteiger charge is -1.99. The maximum Gasteiger partial charge on any atom is 0.318 e. The highest BCUT2D eigenvalue weighted by Crippen LogP contribution is 2.13. The minimum Gasteiger partial charge on any atom is -0.284 e. The monoisotopic (exact) mass is 249 g/mol. The zero-order chi connectivity index (χ0) is 13.4. The van der Waals surface area contributed by atoms with Crippen molar-refractivity contribution < 1.29 is 19.4 Å². The first-order valence-corrected chi connectivity index (χ1v) is 4.52. The van der Waals surface area contributed by atoms with Crippen molar-refractivity contribution in [3.63, 3.8) is 0 Å². The first-order chi connectivity index (χ1) is 8.40. The Balaban J connectivity index is 2.93. The summed E-state index contributed by atoms with van der Waals surface area (Å²) < 4.78 is 0. The molecule has 18 heavy (non-hydrogen) atoms. The van der Waals surface area contributed by atoms with Crippen LogP contribution in [0.5, 0.6) is 0 Å². The van der Waals surface area contributed by atoms with Crippen molar-refractivity contribution in [2.75, 3.05) is 0 Å². The zero-order valence-corrected chi connectivity index (χ0v) is 8.52. The van der Waals surface area contributed by atoms with Gasteiger partial charge in [0, 0.05) is 12.1 Å². The summed E-state index contributed by atoms with van der Waals surface area (Å²) in [5, 5.41) is 20.9. The van der Waals surface area contributed by atoms with Gasteiger partial charge in [-0.15, -0.1) is 0 Å². The highest BCUT2D eigenvalue weighted by Gasteiger charge is 2.23. The van der Waals surface area contributed by atoms with Crippen LogP contribution in [0.3, 0.4) is 0 Å². The molecule has 0 saturated heterocycles. The van der Waals surface area contributed by atoms with Gasteiger partial charge in [-0.3, -0.25) is 29.8 Å². The number of amides is 1. The Bertz CT molecular complexity index is 735. The van der Waals surface area contributed by atoms with E-state index in [0.29, 0.717) is 6.07 Å². The van der Waals surface area contributed by atoms with Crippen LogP contribution in [0.2, 0.25) is 0 Å². The minimum atomic E-state index is -1.11. The molecule has 9 heteroatoms. The minimum absolute atomic E-state index is 0.199. The van der Waals surface area contributed by atoms with E-state index in [9.17, 15) is 29.8 Å². The van der Waals surface area contributed by atoms with Crippen molar-refractivity contribution in [1.82, 2.24) is 0 Å². The second-order valence-electron chi connectivity index (χ2n) is 3.34. The lowest BCUT2D eigenvalue weighted by molar-refractivity contribution is -0.394. The average Bonchev–Trinajstić information content (AvgIpc) is 2.29. The van der Waals surface area contributed by atoms with Gasteiger partial charge in [0.1, 0.15) is 0 Å². The van der Waals surface area contributed by atoms with Gasteiger partial charge in [-0.2, -0.15) is 0 Å². The Labute approximate surface area is 97.4 Å². The molecule has 0 fully saturated rings. The Morgan fingerprint density at radius 2 is 1.72 bits per heavy atom. The number of hydrogen-bond donors (Lipinski definition) is 0. The molecule has 0 spiro atoms. The van der Waals surface area contributed by atoms with Crippen molar-refractivity contribution >= 4 is 29.1 Å². The van der Waals surface area contributed by atoms with Gasteiger partial charge >= 0.3 is 5.91 Å². The fraction of sp³-hybridized carbons (Fsp3) is 0. The van der Waals surface area contributed by atoms with Crippen LogP contribution in [0.1, 0.15) is 0 Å². The third kappa shape index (κ3) is 1.73. The van der Waals surface area contributed by atoms with Crippen LogP contribution in [-0.2, 0) is 9.59 Å². The van der Waals surface area contributed by atoms with Crippen LogP contribution in [-0.4, -0.2) is 21.5 Å². The van der Waals surface area contributed by atoms with E-state index in [4.69, 9.17) is 0 Å². The summed E-state index contributed by atoms with van der Waals surface area (Å²) in [6.07, 6.45) is 0.756. The number of ketones is 1. The molecular formula is C9H3N3O6. The molecule has 1 heterocycles. The zero-order valence-electron chi connectivity index (χ0n) is 8.52. The second-order valence-corrected chi connectivity index (χ2v) is 3.34. The quantitative estimate of drug-likeness (QED) is 0.375. The summed E-state index contributed by atoms with van der Waals surface area (Å²) in [5.41, 5.74) is -1.21. The Morgan fingerprint density at radius 1 is 1.06 bits per heavy atom. The summed E-state index contributed by atoms with van der Waals surface area (Å²) in [6.45, 7) is 0. The number of carbonyl (C=O) groups excluding carboxylic acids is 2. The predicted octanol–water partition coefficient (Wildman–Crippen LogP) is -0.988. The molecule has 0 N–H and O–H groups in total. The van der Waals surface area contributed by atoms with Gasteiger partial charge in [0.05, 0.1) is 26.5 Å². The highest BCUT2D eigenvalue weighted by atomic mass is 16.6. The molecule has 2 rings (SSSR count). The smallest absolute Gasteiger partial charge is 0.284 e. The SMILES string of the molecule is O=C1C=c2c([N+](=O)[O-])cc([N+](=O)[O-])cc2=NC1=O. The van der Waals surface area contributed by atoms with Crippen molar-refractivity contribution in [2.24, 2.45) is 4.99 Å². The molecule has 1 aliphatic rings. The van der Waals surface area contributed by atoms with E-state index in [2.05, 4.69) is 4.99 Å². The Hall–Kier alpha value is -2.97. The first kappa shape index (κ1) is 11.5. The van der Waals surface area contributed by atoms with Gasteiger partial charge < -0.3 is 0 Å². The molecule has 1 aromatic rings. The normalized spacial score (nSPS) is 13.3. The maximum atomic E-state index is 11.1. The van der Waals surface area contributed by atoms with Gasteiger partial charge in [0.2, 0.25) is 5.78 Å². The molecule has 0 atom stereocenters. The highest BCUT2D eigenvalue weighted by molar-refractivity contribution is 6.48. The summed E-state index contributed by atoms with van der Waals surface area (Å²) in [5.74, 6) is -2.11. The summed E-state index contributed by atoms with van der Waals surface area (Å²) in [4.78, 5) is 45.0. The van der Waals surface area contributed by atoms with Crippen molar-refractivity contribution in [3.8, 4) is 0 Å². The van der Waals surface area contributed by atoms with E-state index < -0.39 is 32.9 Å². The number of rotatable bonds is 2. The molecular weight excluding hydrogens is 246 g/mol. The fourth-order valence-electron chi connectivity index (χ4n) is 1.46. The molecule has 1 aromatic carbocycles. The van der Waals surface area contributed by atoms with E-state index in [0.717, 1.165) is 12.1 Å². The summed E-state index contributed by atoms with van der Waals surface area (Å²) in [6, 6.07) is 1.62. The largest absolute Gasteiger partial charge is 0.318 e. The number of nitrogens with zero attached hydrogens (tertiary/aromatic N) is 3. The fourth-order valence-corrected chi connectivity index (χ4v) is 1.46. The number of hydrogen-bond acceptors (Lipinski definition) is 6. The van der Waals surface area contributed by atoms with Crippen LogP contribution in [0.15, 0.2) is 17.1 Å². The molecule has 0 saturated carbocycles. The number of fused-ring (bicyclic) bond motifs is 1. The Kier molecular flexibility index (Phi) is 2.43. The number of nitro groups is 2. The van der Waals surface area contributed by atoms with Gasteiger partial charge in [-0.1, -0.05) is 0 Å². The van der Waals surface area contributed by atoms with E-state index in [-0.39, 0.29) is 10.6 Å². The topological polar surface area (TPSA) is 133 Å². The molecule has 0 aliphatic carbocycles. The van der Waals surface area contributed by atoms with Crippen LogP contribution in [0, 0.1) is 20.2 Å². The molecule has 0 bridgehead atoms. The van der Waals surface area contributed by atoms with E-state index in [1.807, 2.05) is 0 Å². The second kappa shape index (κ2) is 3.80. The molecule has 9 nitrogen and oxygen atoms in total. The molecule has 1 amide bonds. The van der Waals surface area contributed by atoms with Gasteiger partial charge in [0.25, 0.3) is 11.4 Å². The average molecular weight is 249 g/mol. The van der Waals surface area contributed by atoms with Gasteiger partial charge in [-0.25, -0.2) is 4.99 Å². The lowest BCUT2D eigenvalue weighted by atomic mass is 10.1. The molecule has 90 valence electrons. The first-order valence-electron chi connectivity index (χ1n) is 4.52. The van der Waals surface area contributed by atoms with Crippen molar-refractivity contribution in [3.05, 3.63) is 42.9 Å². The van der Waals surface area contributed by atoms with Crippen LogP contribution in [0.4, 0.5) is 11.4 Å². The van der Waals surface area contributed by atoms with Crippen LogP contribution in [0.25, 0.3) is 6.08 Å². The summed E-state index contributed by atoms with van der Waals surface area (Å²) >= 11 is 0. The predicted molar refractivity (Wildman–Crippen MR) is 55.0 cm³/mol. The summed E-state index contributed by atoms with van der Waals surface area (Å²) in [7, 11) is 0. The number of Topliss-reactive ketones (excluding diaryl/α,β-unsaturated/α-hetero) is 1. The maximum absolute atomic E-state index is 11.1. The standard InChI is InChI=1S/C9H3N3O6/c13-8-3-5-6(10-9(8)14)1-4(11(15)16)2-7(5)12(17)18/h1-3H. The molecule has 0 radical (unpaired) electrons. The number of non-ortho nitro benzene ring substituents is 2. The number of benzene rings is 1. The molecule has 0 aromatic heterocycles. The van der Waals surface area contributed by atoms with E-state index >= 15 is 0 Å². The van der Waals surface area contributed by atoms with Gasteiger partial charge in [0.15, 0.2) is 0 Å². The van der Waals surface area contributed by atoms with Crippen molar-refractivity contribution in [2.45, 2.75) is 0 Å². The number of carbonyl (C=O) groups is 2. The molecule has 1 aliphatic heterocycles. The van der Waals surface area contributed by atoms with Crippen molar-refractivity contribution in [1.29, 1.82) is 0 Å². The van der Waals surface area contributed by atoms with E-state index in [1.165, 1.54) is 0 Å².